The number of pyridine rings is 1. The molecule has 110 valence electrons. The van der Waals surface area contributed by atoms with Crippen LogP contribution in [0.1, 0.15) is 36.7 Å². The van der Waals surface area contributed by atoms with Gasteiger partial charge in [-0.25, -0.2) is 0 Å². The van der Waals surface area contributed by atoms with Crippen molar-refractivity contribution in [3.8, 4) is 5.75 Å². The summed E-state index contributed by atoms with van der Waals surface area (Å²) in [5.74, 6) is 0.697. The van der Waals surface area contributed by atoms with Crippen LogP contribution in [0.3, 0.4) is 0 Å². The van der Waals surface area contributed by atoms with Crippen LogP contribution in [0.2, 0.25) is 0 Å². The van der Waals surface area contributed by atoms with Crippen LogP contribution in [-0.4, -0.2) is 16.5 Å². The Morgan fingerprint density at radius 2 is 1.90 bits per heavy atom. The molecular weight excluding hydrogens is 264 g/mol. The Balaban J connectivity index is 1.91. The highest BCUT2D eigenvalue weighted by Crippen LogP contribution is 2.18. The SMILES string of the molecule is CC(C)(C)Oc1ccc(CNC(=O)c2cccnc2)cc1. The summed E-state index contributed by atoms with van der Waals surface area (Å²) >= 11 is 0. The summed E-state index contributed by atoms with van der Waals surface area (Å²) in [5, 5.41) is 2.86. The molecule has 1 N–H and O–H groups in total. The molecular formula is C17H20N2O2. The van der Waals surface area contributed by atoms with Gasteiger partial charge in [0, 0.05) is 18.9 Å². The molecule has 4 nitrogen and oxygen atoms in total. The van der Waals surface area contributed by atoms with E-state index in [0.29, 0.717) is 12.1 Å². The number of rotatable bonds is 4. The van der Waals surface area contributed by atoms with Crippen molar-refractivity contribution < 1.29 is 9.53 Å². The summed E-state index contributed by atoms with van der Waals surface area (Å²) in [6.45, 7) is 6.50. The fourth-order valence-corrected chi connectivity index (χ4v) is 1.81. The molecule has 0 fully saturated rings. The second kappa shape index (κ2) is 6.39. The normalized spacial score (nSPS) is 11.0. The van der Waals surface area contributed by atoms with Crippen molar-refractivity contribution in [2.45, 2.75) is 32.9 Å². The van der Waals surface area contributed by atoms with E-state index in [1.54, 1.807) is 24.5 Å². The first-order valence-electron chi connectivity index (χ1n) is 6.90. The Bertz CT molecular complexity index is 586. The van der Waals surface area contributed by atoms with Gasteiger partial charge in [-0.05, 0) is 50.6 Å². The highest BCUT2D eigenvalue weighted by molar-refractivity contribution is 5.93. The summed E-state index contributed by atoms with van der Waals surface area (Å²) in [7, 11) is 0. The van der Waals surface area contributed by atoms with Crippen LogP contribution in [0.15, 0.2) is 48.8 Å². The van der Waals surface area contributed by atoms with Crippen molar-refractivity contribution in [2.24, 2.45) is 0 Å². The summed E-state index contributed by atoms with van der Waals surface area (Å²) in [6, 6.07) is 11.2. The van der Waals surface area contributed by atoms with Gasteiger partial charge >= 0.3 is 0 Å². The number of benzene rings is 1. The molecule has 0 aliphatic rings. The third kappa shape index (κ3) is 4.91. The van der Waals surface area contributed by atoms with Crippen molar-refractivity contribution in [1.29, 1.82) is 0 Å². The third-order valence-electron chi connectivity index (χ3n) is 2.72. The molecule has 1 aromatic carbocycles. The van der Waals surface area contributed by atoms with E-state index < -0.39 is 0 Å². The first-order valence-corrected chi connectivity index (χ1v) is 6.90. The van der Waals surface area contributed by atoms with Gasteiger partial charge in [-0.3, -0.25) is 9.78 Å². The summed E-state index contributed by atoms with van der Waals surface area (Å²) < 4.78 is 5.76. The van der Waals surface area contributed by atoms with Crippen LogP contribution in [-0.2, 0) is 6.54 Å². The van der Waals surface area contributed by atoms with Crippen LogP contribution in [0, 0.1) is 0 Å². The van der Waals surface area contributed by atoms with Gasteiger partial charge in [0.25, 0.3) is 5.91 Å². The average molecular weight is 284 g/mol. The molecule has 0 radical (unpaired) electrons. The van der Waals surface area contributed by atoms with Crippen molar-refractivity contribution in [2.75, 3.05) is 0 Å². The fraction of sp³-hybridized carbons (Fsp3) is 0.294. The molecule has 21 heavy (non-hydrogen) atoms. The Morgan fingerprint density at radius 3 is 2.48 bits per heavy atom. The molecule has 1 heterocycles. The van der Waals surface area contributed by atoms with Crippen LogP contribution in [0.5, 0.6) is 5.75 Å². The van der Waals surface area contributed by atoms with E-state index in [1.165, 1.54) is 0 Å². The number of nitrogens with one attached hydrogen (secondary N) is 1. The van der Waals surface area contributed by atoms with E-state index in [1.807, 2.05) is 45.0 Å². The highest BCUT2D eigenvalue weighted by Gasteiger charge is 2.11. The van der Waals surface area contributed by atoms with Crippen LogP contribution in [0.25, 0.3) is 0 Å². The lowest BCUT2D eigenvalue weighted by Gasteiger charge is -2.21. The minimum Gasteiger partial charge on any atom is -0.488 e. The smallest absolute Gasteiger partial charge is 0.253 e. The van der Waals surface area contributed by atoms with E-state index in [4.69, 9.17) is 4.74 Å². The molecule has 2 aromatic rings. The molecule has 0 atom stereocenters. The lowest BCUT2D eigenvalue weighted by atomic mass is 10.1. The highest BCUT2D eigenvalue weighted by atomic mass is 16.5. The summed E-state index contributed by atoms with van der Waals surface area (Å²) in [6.07, 6.45) is 3.19. The summed E-state index contributed by atoms with van der Waals surface area (Å²) in [4.78, 5) is 15.8. The molecule has 0 aliphatic heterocycles. The Hall–Kier alpha value is -2.36. The average Bonchev–Trinajstić information content (AvgIpc) is 2.45. The monoisotopic (exact) mass is 284 g/mol. The van der Waals surface area contributed by atoms with E-state index in [0.717, 1.165) is 11.3 Å². The van der Waals surface area contributed by atoms with Gasteiger partial charge in [-0.1, -0.05) is 12.1 Å². The van der Waals surface area contributed by atoms with E-state index in [2.05, 4.69) is 10.3 Å². The van der Waals surface area contributed by atoms with Gasteiger partial charge in [-0.15, -0.1) is 0 Å². The van der Waals surface area contributed by atoms with E-state index >= 15 is 0 Å². The van der Waals surface area contributed by atoms with Crippen molar-refractivity contribution in [1.82, 2.24) is 10.3 Å². The molecule has 0 spiro atoms. The molecule has 2 rings (SSSR count). The number of amides is 1. The first kappa shape index (κ1) is 15.0. The molecule has 0 bridgehead atoms. The second-order valence-corrected chi connectivity index (χ2v) is 5.78. The third-order valence-corrected chi connectivity index (χ3v) is 2.72. The van der Waals surface area contributed by atoms with E-state index in [9.17, 15) is 4.79 Å². The number of hydrogen-bond donors (Lipinski definition) is 1. The van der Waals surface area contributed by atoms with Gasteiger partial charge in [-0.2, -0.15) is 0 Å². The molecule has 4 heteroatoms. The van der Waals surface area contributed by atoms with Crippen LogP contribution < -0.4 is 10.1 Å². The summed E-state index contributed by atoms with van der Waals surface area (Å²) in [5.41, 5.74) is 1.37. The molecule has 0 unspecified atom stereocenters. The fourth-order valence-electron chi connectivity index (χ4n) is 1.81. The zero-order valence-corrected chi connectivity index (χ0v) is 12.6. The molecule has 0 saturated heterocycles. The lowest BCUT2D eigenvalue weighted by Crippen LogP contribution is -2.23. The predicted octanol–water partition coefficient (Wildman–Crippen LogP) is 3.19. The van der Waals surface area contributed by atoms with E-state index in [-0.39, 0.29) is 11.5 Å². The minimum atomic E-state index is -0.212. The maximum absolute atomic E-state index is 11.9. The molecule has 0 saturated carbocycles. The zero-order valence-electron chi connectivity index (χ0n) is 12.6. The quantitative estimate of drug-likeness (QED) is 0.938. The van der Waals surface area contributed by atoms with Gasteiger partial charge in [0.2, 0.25) is 0 Å². The van der Waals surface area contributed by atoms with Crippen molar-refractivity contribution in [3.63, 3.8) is 0 Å². The van der Waals surface area contributed by atoms with Crippen molar-refractivity contribution >= 4 is 5.91 Å². The first-order chi connectivity index (χ1) is 9.94. The molecule has 1 amide bonds. The zero-order chi connectivity index (χ0) is 15.3. The second-order valence-electron chi connectivity index (χ2n) is 5.78. The maximum atomic E-state index is 11.9. The number of hydrogen-bond acceptors (Lipinski definition) is 3. The number of aromatic nitrogens is 1. The lowest BCUT2D eigenvalue weighted by molar-refractivity contribution is 0.0950. The minimum absolute atomic E-state index is 0.127. The van der Waals surface area contributed by atoms with Gasteiger partial charge in [0.15, 0.2) is 0 Å². The molecule has 0 aliphatic carbocycles. The Labute approximate surface area is 125 Å². The largest absolute Gasteiger partial charge is 0.488 e. The number of nitrogens with zero attached hydrogens (tertiary/aromatic N) is 1. The topological polar surface area (TPSA) is 51.2 Å². The predicted molar refractivity (Wildman–Crippen MR) is 82.2 cm³/mol. The van der Waals surface area contributed by atoms with Gasteiger partial charge in [0.05, 0.1) is 5.56 Å². The van der Waals surface area contributed by atoms with Crippen LogP contribution in [0.4, 0.5) is 0 Å². The number of carbonyl (C=O) groups is 1. The number of carbonyl (C=O) groups excluding carboxylic acids is 1. The van der Waals surface area contributed by atoms with Gasteiger partial charge in [0.1, 0.15) is 11.4 Å². The Kier molecular flexibility index (Phi) is 4.58. The maximum Gasteiger partial charge on any atom is 0.253 e. The van der Waals surface area contributed by atoms with Crippen LogP contribution >= 0.6 is 0 Å². The Morgan fingerprint density at radius 1 is 1.19 bits per heavy atom. The number of ether oxygens (including phenoxy) is 1. The standard InChI is InChI=1S/C17H20N2O2/c1-17(2,3)21-15-8-6-13(7-9-15)11-19-16(20)14-5-4-10-18-12-14/h4-10,12H,11H2,1-3H3,(H,19,20). The van der Waals surface area contributed by atoms with Crippen molar-refractivity contribution in [3.05, 3.63) is 59.9 Å². The molecule has 1 aromatic heterocycles. The van der Waals surface area contributed by atoms with Gasteiger partial charge < -0.3 is 10.1 Å².